The van der Waals surface area contributed by atoms with Crippen molar-refractivity contribution in [2.75, 3.05) is 0 Å². The van der Waals surface area contributed by atoms with Crippen LogP contribution in [-0.4, -0.2) is 4.98 Å². The SMILES string of the molecule is Cc1nc(C(N)c2c(F)cccc2Cl)sc1C. The third kappa shape index (κ3) is 2.34. The number of thiazole rings is 1. The average molecular weight is 271 g/mol. The lowest BCUT2D eigenvalue weighted by molar-refractivity contribution is 0.599. The molecule has 2 rings (SSSR count). The first-order chi connectivity index (χ1) is 8.00. The second-order valence-corrected chi connectivity index (χ2v) is 5.45. The van der Waals surface area contributed by atoms with E-state index >= 15 is 0 Å². The van der Waals surface area contributed by atoms with Gasteiger partial charge in [0.25, 0.3) is 0 Å². The van der Waals surface area contributed by atoms with Gasteiger partial charge in [-0.1, -0.05) is 17.7 Å². The van der Waals surface area contributed by atoms with Crippen LogP contribution in [0.1, 0.15) is 27.2 Å². The fraction of sp³-hybridized carbons (Fsp3) is 0.250. The summed E-state index contributed by atoms with van der Waals surface area (Å²) in [7, 11) is 0. The van der Waals surface area contributed by atoms with Gasteiger partial charge in [0, 0.05) is 15.5 Å². The smallest absolute Gasteiger partial charge is 0.129 e. The second-order valence-electron chi connectivity index (χ2n) is 3.81. The van der Waals surface area contributed by atoms with Crippen molar-refractivity contribution in [3.05, 3.63) is 50.2 Å². The monoisotopic (exact) mass is 270 g/mol. The Labute approximate surface area is 108 Å². The summed E-state index contributed by atoms with van der Waals surface area (Å²) in [6, 6.07) is 3.94. The van der Waals surface area contributed by atoms with E-state index in [1.54, 1.807) is 12.1 Å². The summed E-state index contributed by atoms with van der Waals surface area (Å²) in [5, 5.41) is 1.02. The summed E-state index contributed by atoms with van der Waals surface area (Å²) in [5.41, 5.74) is 7.26. The van der Waals surface area contributed by atoms with Crippen molar-refractivity contribution in [3.63, 3.8) is 0 Å². The Hall–Kier alpha value is -0.970. The van der Waals surface area contributed by atoms with Crippen LogP contribution < -0.4 is 5.73 Å². The summed E-state index contributed by atoms with van der Waals surface area (Å²) >= 11 is 7.45. The highest BCUT2D eigenvalue weighted by Gasteiger charge is 2.20. The van der Waals surface area contributed by atoms with Crippen molar-refractivity contribution in [2.24, 2.45) is 5.73 Å². The Morgan fingerprint density at radius 2 is 2.12 bits per heavy atom. The van der Waals surface area contributed by atoms with Gasteiger partial charge in [-0.05, 0) is 26.0 Å². The molecule has 90 valence electrons. The first-order valence-corrected chi connectivity index (χ1v) is 6.33. The highest BCUT2D eigenvalue weighted by Crippen LogP contribution is 2.31. The summed E-state index contributed by atoms with van der Waals surface area (Å²) in [5.74, 6) is -0.393. The quantitative estimate of drug-likeness (QED) is 0.906. The van der Waals surface area contributed by atoms with Gasteiger partial charge in [-0.15, -0.1) is 11.3 Å². The van der Waals surface area contributed by atoms with Gasteiger partial charge < -0.3 is 5.73 Å². The van der Waals surface area contributed by atoms with Crippen LogP contribution in [0, 0.1) is 19.7 Å². The molecule has 1 heterocycles. The van der Waals surface area contributed by atoms with Gasteiger partial charge in [0.1, 0.15) is 10.8 Å². The number of hydrogen-bond acceptors (Lipinski definition) is 3. The largest absolute Gasteiger partial charge is 0.318 e. The number of aryl methyl sites for hydroxylation is 2. The molecule has 2 N–H and O–H groups in total. The van der Waals surface area contributed by atoms with Crippen molar-refractivity contribution in [2.45, 2.75) is 19.9 Å². The van der Waals surface area contributed by atoms with Crippen molar-refractivity contribution in [3.8, 4) is 0 Å². The Bertz CT molecular complexity index is 514. The predicted octanol–water partition coefficient (Wildman–Crippen LogP) is 3.60. The van der Waals surface area contributed by atoms with Crippen molar-refractivity contribution < 1.29 is 4.39 Å². The molecule has 5 heteroatoms. The van der Waals surface area contributed by atoms with E-state index in [4.69, 9.17) is 17.3 Å². The number of hydrogen-bond donors (Lipinski definition) is 1. The molecule has 0 fully saturated rings. The number of aromatic nitrogens is 1. The van der Waals surface area contributed by atoms with Crippen LogP contribution in [0.2, 0.25) is 5.02 Å². The zero-order valence-electron chi connectivity index (χ0n) is 9.50. The average Bonchev–Trinajstić information content (AvgIpc) is 2.59. The highest BCUT2D eigenvalue weighted by molar-refractivity contribution is 7.11. The third-order valence-corrected chi connectivity index (χ3v) is 4.11. The van der Waals surface area contributed by atoms with Crippen molar-refractivity contribution in [1.82, 2.24) is 4.98 Å². The molecule has 1 atom stereocenters. The molecule has 0 spiro atoms. The minimum atomic E-state index is -0.610. The third-order valence-electron chi connectivity index (χ3n) is 2.62. The van der Waals surface area contributed by atoms with Gasteiger partial charge in [0.05, 0.1) is 11.7 Å². The lowest BCUT2D eigenvalue weighted by Crippen LogP contribution is -2.14. The summed E-state index contributed by atoms with van der Waals surface area (Å²) in [4.78, 5) is 5.42. The zero-order valence-corrected chi connectivity index (χ0v) is 11.1. The van der Waals surface area contributed by atoms with Crippen LogP contribution in [0.15, 0.2) is 18.2 Å². The van der Waals surface area contributed by atoms with Crippen LogP contribution in [0.5, 0.6) is 0 Å². The highest BCUT2D eigenvalue weighted by atomic mass is 35.5. The molecular formula is C12H12ClFN2S. The molecule has 0 bridgehead atoms. The number of benzene rings is 1. The van der Waals surface area contributed by atoms with E-state index in [1.807, 2.05) is 13.8 Å². The van der Waals surface area contributed by atoms with E-state index in [-0.39, 0.29) is 0 Å². The molecule has 0 saturated heterocycles. The van der Waals surface area contributed by atoms with Gasteiger partial charge in [0.2, 0.25) is 0 Å². The normalized spacial score (nSPS) is 12.8. The maximum Gasteiger partial charge on any atom is 0.129 e. The van der Waals surface area contributed by atoms with Crippen molar-refractivity contribution in [1.29, 1.82) is 0 Å². The molecule has 0 radical (unpaired) electrons. The number of halogens is 2. The molecule has 0 aliphatic carbocycles. The summed E-state index contributed by atoms with van der Waals surface area (Å²) in [6.07, 6.45) is 0. The Balaban J connectivity index is 2.47. The van der Waals surface area contributed by atoms with E-state index in [0.29, 0.717) is 15.6 Å². The van der Waals surface area contributed by atoms with E-state index in [0.717, 1.165) is 10.6 Å². The fourth-order valence-electron chi connectivity index (χ4n) is 1.56. The maximum atomic E-state index is 13.7. The van der Waals surface area contributed by atoms with Gasteiger partial charge in [0.15, 0.2) is 0 Å². The first-order valence-electron chi connectivity index (χ1n) is 5.14. The van der Waals surface area contributed by atoms with E-state index < -0.39 is 11.9 Å². The topological polar surface area (TPSA) is 38.9 Å². The second kappa shape index (κ2) is 4.72. The molecule has 1 aromatic heterocycles. The summed E-state index contributed by atoms with van der Waals surface area (Å²) < 4.78 is 13.7. The van der Waals surface area contributed by atoms with E-state index in [1.165, 1.54) is 17.4 Å². The van der Waals surface area contributed by atoms with Crippen LogP contribution >= 0.6 is 22.9 Å². The molecule has 0 saturated carbocycles. The molecule has 2 nitrogen and oxygen atoms in total. The molecule has 17 heavy (non-hydrogen) atoms. The van der Waals surface area contributed by atoms with Gasteiger partial charge in [-0.25, -0.2) is 9.37 Å². The molecule has 0 aliphatic heterocycles. The Morgan fingerprint density at radius 1 is 1.41 bits per heavy atom. The van der Waals surface area contributed by atoms with E-state index in [2.05, 4.69) is 4.98 Å². The number of nitrogens with zero attached hydrogens (tertiary/aromatic N) is 1. The minimum Gasteiger partial charge on any atom is -0.318 e. The van der Waals surface area contributed by atoms with Gasteiger partial charge in [-0.3, -0.25) is 0 Å². The van der Waals surface area contributed by atoms with Crippen LogP contribution in [0.3, 0.4) is 0 Å². The Kier molecular flexibility index (Phi) is 3.47. The zero-order chi connectivity index (χ0) is 12.6. The lowest BCUT2D eigenvalue weighted by Gasteiger charge is -2.11. The molecule has 0 amide bonds. The molecule has 1 aromatic carbocycles. The first kappa shape index (κ1) is 12.5. The standard InChI is InChI=1S/C12H12ClFN2S/c1-6-7(2)17-12(16-6)11(15)10-8(13)4-3-5-9(10)14/h3-5,11H,15H2,1-2H3. The van der Waals surface area contributed by atoms with Crippen LogP contribution in [0.4, 0.5) is 4.39 Å². The molecule has 0 aliphatic rings. The molecule has 1 unspecified atom stereocenters. The fourth-order valence-corrected chi connectivity index (χ4v) is 2.78. The van der Waals surface area contributed by atoms with Crippen LogP contribution in [0.25, 0.3) is 0 Å². The van der Waals surface area contributed by atoms with Crippen LogP contribution in [-0.2, 0) is 0 Å². The number of rotatable bonds is 2. The molecule has 2 aromatic rings. The number of nitrogens with two attached hydrogens (primary N) is 1. The van der Waals surface area contributed by atoms with Gasteiger partial charge in [-0.2, -0.15) is 0 Å². The lowest BCUT2D eigenvalue weighted by atomic mass is 10.1. The predicted molar refractivity (Wildman–Crippen MR) is 69.0 cm³/mol. The maximum absolute atomic E-state index is 13.7. The Morgan fingerprint density at radius 3 is 2.65 bits per heavy atom. The minimum absolute atomic E-state index is 0.308. The van der Waals surface area contributed by atoms with E-state index in [9.17, 15) is 4.39 Å². The van der Waals surface area contributed by atoms with Crippen molar-refractivity contribution >= 4 is 22.9 Å². The molecular weight excluding hydrogens is 259 g/mol. The van der Waals surface area contributed by atoms with Gasteiger partial charge >= 0.3 is 0 Å². The summed E-state index contributed by atoms with van der Waals surface area (Å²) in [6.45, 7) is 3.87.